The summed E-state index contributed by atoms with van der Waals surface area (Å²) in [6.07, 6.45) is 1.93. The molecule has 1 aromatic carbocycles. The molecule has 1 aliphatic rings. The van der Waals surface area contributed by atoms with E-state index in [1.165, 1.54) is 0 Å². The zero-order valence-corrected chi connectivity index (χ0v) is 15.7. The van der Waals surface area contributed by atoms with Gasteiger partial charge in [0.15, 0.2) is 5.96 Å². The second kappa shape index (κ2) is 10.2. The van der Waals surface area contributed by atoms with Crippen LogP contribution < -0.4 is 20.3 Å². The van der Waals surface area contributed by atoms with E-state index in [0.29, 0.717) is 12.2 Å². The summed E-state index contributed by atoms with van der Waals surface area (Å²) < 4.78 is 29.8. The molecule has 1 aliphatic heterocycles. The predicted octanol–water partition coefficient (Wildman–Crippen LogP) is 1.98. The van der Waals surface area contributed by atoms with E-state index in [2.05, 4.69) is 44.3 Å². The molecule has 2 N–H and O–H groups in total. The lowest BCUT2D eigenvalue weighted by Crippen LogP contribution is -2.45. The highest BCUT2D eigenvalue weighted by Gasteiger charge is 2.25. The Kier molecular flexibility index (Phi) is 7.90. The van der Waals surface area contributed by atoms with Crippen molar-refractivity contribution in [3.8, 4) is 5.75 Å². The van der Waals surface area contributed by atoms with Gasteiger partial charge in [-0.1, -0.05) is 12.1 Å². The van der Waals surface area contributed by atoms with Crippen LogP contribution in [0, 0.1) is 0 Å². The van der Waals surface area contributed by atoms with E-state index >= 15 is 0 Å². The topological polar surface area (TPSA) is 52.1 Å². The first-order chi connectivity index (χ1) is 12.5. The van der Waals surface area contributed by atoms with Crippen LogP contribution in [0.5, 0.6) is 5.75 Å². The Hall–Kier alpha value is -2.09. The Balaban J connectivity index is 1.86. The second-order valence-corrected chi connectivity index (χ2v) is 6.58. The van der Waals surface area contributed by atoms with Crippen molar-refractivity contribution >= 4 is 11.6 Å². The summed E-state index contributed by atoms with van der Waals surface area (Å²) in [5.41, 5.74) is 0.700. The standard InChI is InChI=1S/C18H29F2N5O/c1-21-18(22-10-6-11-24(2)3)23-14-9-12-25(13-14)15-7-4-5-8-16(15)26-17(19)20/h4-5,7-8,14,17H,6,9-13H2,1-3H3,(H2,21,22,23). The third-order valence-electron chi connectivity index (χ3n) is 4.25. The molecule has 1 aromatic rings. The van der Waals surface area contributed by atoms with Crippen molar-refractivity contribution in [1.82, 2.24) is 15.5 Å². The first kappa shape index (κ1) is 20.2. The fraction of sp³-hybridized carbons (Fsp3) is 0.611. The minimum absolute atomic E-state index is 0.203. The van der Waals surface area contributed by atoms with E-state index in [1.807, 2.05) is 12.1 Å². The number of alkyl halides is 2. The van der Waals surface area contributed by atoms with Crippen molar-refractivity contribution in [2.45, 2.75) is 25.5 Å². The molecular weight excluding hydrogens is 340 g/mol. The Labute approximate surface area is 154 Å². The van der Waals surface area contributed by atoms with Crippen LogP contribution >= 0.6 is 0 Å². The molecule has 146 valence electrons. The number of hydrogen-bond acceptors (Lipinski definition) is 4. The normalized spacial score (nSPS) is 17.9. The molecule has 1 fully saturated rings. The van der Waals surface area contributed by atoms with Crippen molar-refractivity contribution in [2.75, 3.05) is 52.2 Å². The summed E-state index contributed by atoms with van der Waals surface area (Å²) in [5, 5.41) is 6.72. The van der Waals surface area contributed by atoms with Crippen LogP contribution in [0.25, 0.3) is 0 Å². The van der Waals surface area contributed by atoms with E-state index in [1.54, 1.807) is 19.2 Å². The molecule has 1 atom stereocenters. The number of nitrogens with one attached hydrogen (secondary N) is 2. The molecule has 1 heterocycles. The highest BCUT2D eigenvalue weighted by atomic mass is 19.3. The average Bonchev–Trinajstić information content (AvgIpc) is 3.05. The maximum atomic E-state index is 12.6. The number of anilines is 1. The van der Waals surface area contributed by atoms with Gasteiger partial charge in [0.2, 0.25) is 0 Å². The van der Waals surface area contributed by atoms with Crippen molar-refractivity contribution in [3.63, 3.8) is 0 Å². The van der Waals surface area contributed by atoms with Gasteiger partial charge in [-0.05, 0) is 45.6 Å². The largest absolute Gasteiger partial charge is 0.433 e. The molecule has 0 amide bonds. The van der Waals surface area contributed by atoms with Crippen LogP contribution in [-0.2, 0) is 0 Å². The maximum absolute atomic E-state index is 12.6. The Morgan fingerprint density at radius 1 is 1.38 bits per heavy atom. The number of halogens is 2. The van der Waals surface area contributed by atoms with Gasteiger partial charge in [0.05, 0.1) is 5.69 Å². The molecule has 6 nitrogen and oxygen atoms in total. The van der Waals surface area contributed by atoms with Crippen LogP contribution in [0.1, 0.15) is 12.8 Å². The van der Waals surface area contributed by atoms with Gasteiger partial charge in [-0.15, -0.1) is 0 Å². The molecule has 0 spiro atoms. The Bertz CT molecular complexity index is 582. The second-order valence-electron chi connectivity index (χ2n) is 6.58. The lowest BCUT2D eigenvalue weighted by molar-refractivity contribution is -0.0495. The Morgan fingerprint density at radius 3 is 2.85 bits per heavy atom. The fourth-order valence-corrected chi connectivity index (χ4v) is 3.00. The van der Waals surface area contributed by atoms with Crippen molar-refractivity contribution in [2.24, 2.45) is 4.99 Å². The summed E-state index contributed by atoms with van der Waals surface area (Å²) in [4.78, 5) is 8.47. The summed E-state index contributed by atoms with van der Waals surface area (Å²) in [6.45, 7) is 0.528. The van der Waals surface area contributed by atoms with E-state index in [-0.39, 0.29) is 11.8 Å². The quantitative estimate of drug-likeness (QED) is 0.417. The van der Waals surface area contributed by atoms with Gasteiger partial charge in [-0.3, -0.25) is 4.99 Å². The predicted molar refractivity (Wildman–Crippen MR) is 101 cm³/mol. The number of rotatable bonds is 8. The van der Waals surface area contributed by atoms with E-state index in [9.17, 15) is 8.78 Å². The minimum atomic E-state index is -2.82. The summed E-state index contributed by atoms with van der Waals surface area (Å²) >= 11 is 0. The van der Waals surface area contributed by atoms with Crippen LogP contribution in [0.15, 0.2) is 29.3 Å². The molecule has 0 aromatic heterocycles. The molecule has 1 unspecified atom stereocenters. The summed E-state index contributed by atoms with van der Waals surface area (Å²) in [7, 11) is 5.85. The smallest absolute Gasteiger partial charge is 0.387 e. The molecule has 0 bridgehead atoms. The highest BCUT2D eigenvalue weighted by molar-refractivity contribution is 5.80. The third kappa shape index (κ3) is 6.33. The number of guanidine groups is 1. The monoisotopic (exact) mass is 369 g/mol. The van der Waals surface area contributed by atoms with Gasteiger partial charge in [-0.25, -0.2) is 0 Å². The van der Waals surface area contributed by atoms with Crippen molar-refractivity contribution in [3.05, 3.63) is 24.3 Å². The van der Waals surface area contributed by atoms with Gasteiger partial charge in [-0.2, -0.15) is 8.78 Å². The first-order valence-electron chi connectivity index (χ1n) is 8.90. The maximum Gasteiger partial charge on any atom is 0.387 e. The number of hydrogen-bond donors (Lipinski definition) is 2. The van der Waals surface area contributed by atoms with E-state index in [0.717, 1.165) is 38.4 Å². The molecule has 0 radical (unpaired) electrons. The van der Waals surface area contributed by atoms with Crippen LogP contribution in [-0.4, -0.2) is 70.8 Å². The molecular formula is C18H29F2N5O. The number of aliphatic imine (C=N–C) groups is 1. The molecule has 2 rings (SSSR count). The zero-order chi connectivity index (χ0) is 18.9. The summed E-state index contributed by atoms with van der Waals surface area (Å²) in [6, 6.07) is 7.13. The van der Waals surface area contributed by atoms with E-state index in [4.69, 9.17) is 0 Å². The number of benzene rings is 1. The molecule has 1 saturated heterocycles. The van der Waals surface area contributed by atoms with Crippen LogP contribution in [0.2, 0.25) is 0 Å². The Morgan fingerprint density at radius 2 is 2.15 bits per heavy atom. The van der Waals surface area contributed by atoms with Crippen LogP contribution in [0.4, 0.5) is 14.5 Å². The van der Waals surface area contributed by atoms with Gasteiger partial charge < -0.3 is 25.2 Å². The van der Waals surface area contributed by atoms with Gasteiger partial charge >= 0.3 is 6.61 Å². The average molecular weight is 369 g/mol. The SMILES string of the molecule is CN=C(NCCCN(C)C)NC1CCN(c2ccccc2OC(F)F)C1. The third-order valence-corrected chi connectivity index (χ3v) is 4.25. The molecule has 0 aliphatic carbocycles. The van der Waals surface area contributed by atoms with Crippen molar-refractivity contribution < 1.29 is 13.5 Å². The lowest BCUT2D eigenvalue weighted by Gasteiger charge is -2.22. The number of nitrogens with zero attached hydrogens (tertiary/aromatic N) is 3. The molecule has 26 heavy (non-hydrogen) atoms. The molecule has 8 heteroatoms. The first-order valence-corrected chi connectivity index (χ1v) is 8.90. The van der Waals surface area contributed by atoms with Crippen molar-refractivity contribution in [1.29, 1.82) is 0 Å². The fourth-order valence-electron chi connectivity index (χ4n) is 3.00. The lowest BCUT2D eigenvalue weighted by atomic mass is 10.2. The van der Waals surface area contributed by atoms with Gasteiger partial charge in [0, 0.05) is 32.7 Å². The molecule has 0 saturated carbocycles. The summed E-state index contributed by atoms with van der Waals surface area (Å²) in [5.74, 6) is 0.988. The van der Waals surface area contributed by atoms with E-state index < -0.39 is 6.61 Å². The zero-order valence-electron chi connectivity index (χ0n) is 15.7. The minimum Gasteiger partial charge on any atom is -0.433 e. The highest BCUT2D eigenvalue weighted by Crippen LogP contribution is 2.31. The van der Waals surface area contributed by atoms with Gasteiger partial charge in [0.25, 0.3) is 0 Å². The van der Waals surface area contributed by atoms with Gasteiger partial charge in [0.1, 0.15) is 5.75 Å². The van der Waals surface area contributed by atoms with Crippen LogP contribution in [0.3, 0.4) is 0 Å². The number of ether oxygens (including phenoxy) is 1. The number of para-hydroxylation sites is 2.